The van der Waals surface area contributed by atoms with Crippen molar-refractivity contribution in [2.75, 3.05) is 12.5 Å². The monoisotopic (exact) mass is 271 g/mol. The molecule has 8 heteroatoms. The van der Waals surface area contributed by atoms with E-state index in [0.29, 0.717) is 17.6 Å². The number of rotatable bonds is 5. The topological polar surface area (TPSA) is 74.1 Å². The third kappa shape index (κ3) is 4.40. The Morgan fingerprint density at radius 2 is 2.35 bits per heavy atom. The molecule has 0 aliphatic heterocycles. The molecule has 1 aromatic heterocycles. The zero-order valence-electron chi connectivity index (χ0n) is 9.25. The number of anilines is 1. The van der Waals surface area contributed by atoms with Gasteiger partial charge in [-0.1, -0.05) is 0 Å². The molecular formula is C9H13N5OS2. The highest BCUT2D eigenvalue weighted by Crippen LogP contribution is 2.30. The lowest BCUT2D eigenvalue weighted by Gasteiger charge is -2.12. The van der Waals surface area contributed by atoms with Crippen LogP contribution in [0.3, 0.4) is 0 Å². The number of nitriles is 1. The van der Waals surface area contributed by atoms with Gasteiger partial charge >= 0.3 is 0 Å². The predicted octanol–water partition coefficient (Wildman–Crippen LogP) is 1.46. The van der Waals surface area contributed by atoms with Crippen molar-refractivity contribution in [3.63, 3.8) is 0 Å². The van der Waals surface area contributed by atoms with Crippen LogP contribution in [0, 0.1) is 11.3 Å². The van der Waals surface area contributed by atoms with E-state index in [1.165, 1.54) is 37.5 Å². The molecule has 1 heterocycles. The highest BCUT2D eigenvalue weighted by atomic mass is 32.2. The Hall–Kier alpha value is -1.01. The Labute approximate surface area is 111 Å². The molecule has 1 N–H and O–H groups in total. The lowest BCUT2D eigenvalue weighted by atomic mass is 10.4. The Balaban J connectivity index is 0.00000144. The van der Waals surface area contributed by atoms with Gasteiger partial charge in [-0.2, -0.15) is 23.0 Å². The van der Waals surface area contributed by atoms with E-state index in [4.69, 9.17) is 9.55 Å². The molecule has 1 fully saturated rings. The Morgan fingerprint density at radius 3 is 3.00 bits per heavy atom. The van der Waals surface area contributed by atoms with Crippen LogP contribution in [0.5, 0.6) is 0 Å². The van der Waals surface area contributed by atoms with Crippen molar-refractivity contribution in [2.24, 2.45) is 0 Å². The smallest absolute Gasteiger partial charge is 0.155 e. The van der Waals surface area contributed by atoms with Crippen molar-refractivity contribution in [3.8, 4) is 6.07 Å². The molecule has 17 heavy (non-hydrogen) atoms. The van der Waals surface area contributed by atoms with Gasteiger partial charge in [0.1, 0.15) is 30.3 Å². The minimum absolute atomic E-state index is 0. The van der Waals surface area contributed by atoms with Crippen molar-refractivity contribution < 1.29 is 4.28 Å². The standard InChI is InChI=1S/C9H11N5OS.H2S/c1-14(8-2-3-8)16-15-13-9-4-7(5-10)11-6-12-9;/h4,6,8H,2-3H2,1H3,(H,11,12,13);1H2. The van der Waals surface area contributed by atoms with Crippen molar-refractivity contribution >= 4 is 31.5 Å². The minimum Gasteiger partial charge on any atom is -0.234 e. The highest BCUT2D eigenvalue weighted by Gasteiger charge is 2.27. The minimum atomic E-state index is 0. The number of hydrogen-bond donors (Lipinski definition) is 1. The van der Waals surface area contributed by atoms with Crippen molar-refractivity contribution in [3.05, 3.63) is 18.1 Å². The van der Waals surface area contributed by atoms with E-state index in [0.717, 1.165) is 0 Å². The summed E-state index contributed by atoms with van der Waals surface area (Å²) in [7, 11) is 1.98. The van der Waals surface area contributed by atoms with Gasteiger partial charge in [0.15, 0.2) is 5.82 Å². The second-order valence-corrected chi connectivity index (χ2v) is 4.33. The molecule has 1 aromatic rings. The first-order chi connectivity index (χ1) is 7.79. The van der Waals surface area contributed by atoms with Crippen LogP contribution in [-0.4, -0.2) is 27.4 Å². The van der Waals surface area contributed by atoms with E-state index < -0.39 is 0 Å². The summed E-state index contributed by atoms with van der Waals surface area (Å²) >= 11 is 1.23. The fraction of sp³-hybridized carbons (Fsp3) is 0.444. The fourth-order valence-electron chi connectivity index (χ4n) is 1.09. The molecule has 0 saturated heterocycles. The lowest BCUT2D eigenvalue weighted by molar-refractivity contribution is 0.421. The fourth-order valence-corrected chi connectivity index (χ4v) is 1.67. The maximum absolute atomic E-state index is 8.63. The summed E-state index contributed by atoms with van der Waals surface area (Å²) < 4.78 is 7.22. The first kappa shape index (κ1) is 14.1. The van der Waals surface area contributed by atoms with Gasteiger partial charge in [0.25, 0.3) is 0 Å². The van der Waals surface area contributed by atoms with E-state index in [1.54, 1.807) is 0 Å². The van der Waals surface area contributed by atoms with Gasteiger partial charge in [0.05, 0.1) is 0 Å². The van der Waals surface area contributed by atoms with Gasteiger partial charge in [-0.05, 0) is 19.9 Å². The zero-order valence-corrected chi connectivity index (χ0v) is 11.1. The summed E-state index contributed by atoms with van der Waals surface area (Å²) in [6, 6.07) is 4.07. The number of nitrogens with one attached hydrogen (secondary N) is 1. The third-order valence-corrected chi connectivity index (χ3v) is 2.83. The first-order valence-electron chi connectivity index (χ1n) is 4.84. The zero-order chi connectivity index (χ0) is 11.4. The molecule has 6 nitrogen and oxygen atoms in total. The van der Waals surface area contributed by atoms with Crippen LogP contribution in [-0.2, 0) is 4.28 Å². The molecule has 0 aromatic carbocycles. The molecule has 1 saturated carbocycles. The van der Waals surface area contributed by atoms with Crippen molar-refractivity contribution in [1.82, 2.24) is 14.3 Å². The first-order valence-corrected chi connectivity index (χ1v) is 5.54. The SMILES string of the molecule is CN(SONc1cc(C#N)ncn1)C1CC1.S. The summed E-state index contributed by atoms with van der Waals surface area (Å²) in [6.07, 6.45) is 3.76. The van der Waals surface area contributed by atoms with Crippen LogP contribution in [0.4, 0.5) is 5.82 Å². The van der Waals surface area contributed by atoms with Crippen molar-refractivity contribution in [1.29, 1.82) is 5.26 Å². The summed E-state index contributed by atoms with van der Waals surface area (Å²) in [4.78, 5) is 7.67. The second-order valence-electron chi connectivity index (χ2n) is 3.44. The van der Waals surface area contributed by atoms with Crippen LogP contribution < -0.4 is 5.48 Å². The molecule has 0 spiro atoms. The summed E-state index contributed by atoms with van der Waals surface area (Å²) in [6.45, 7) is 0. The van der Waals surface area contributed by atoms with E-state index in [9.17, 15) is 0 Å². The van der Waals surface area contributed by atoms with Crippen molar-refractivity contribution in [2.45, 2.75) is 18.9 Å². The lowest BCUT2D eigenvalue weighted by Crippen LogP contribution is -2.13. The summed E-state index contributed by atoms with van der Waals surface area (Å²) in [5, 5.41) is 8.63. The maximum Gasteiger partial charge on any atom is 0.155 e. The molecule has 2 rings (SSSR count). The maximum atomic E-state index is 8.63. The Bertz CT molecular complexity index is 407. The van der Waals surface area contributed by atoms with Gasteiger partial charge < -0.3 is 0 Å². The molecule has 0 unspecified atom stereocenters. The van der Waals surface area contributed by atoms with Gasteiger partial charge in [0.2, 0.25) is 0 Å². The molecule has 0 atom stereocenters. The normalized spacial score (nSPS) is 13.9. The number of aromatic nitrogens is 2. The average molecular weight is 271 g/mol. The molecule has 0 bridgehead atoms. The summed E-state index contributed by atoms with van der Waals surface area (Å²) in [5.74, 6) is 0.475. The van der Waals surface area contributed by atoms with Crippen LogP contribution in [0.25, 0.3) is 0 Å². The number of nitrogens with zero attached hydrogens (tertiary/aromatic N) is 4. The highest BCUT2D eigenvalue weighted by molar-refractivity contribution is 7.92. The van der Waals surface area contributed by atoms with Gasteiger partial charge in [-0.25, -0.2) is 19.8 Å². The quantitative estimate of drug-likeness (QED) is 0.493. The molecule has 0 amide bonds. The molecule has 1 aliphatic carbocycles. The average Bonchev–Trinajstić information content (AvgIpc) is 3.13. The Kier molecular flexibility index (Phi) is 5.50. The molecule has 92 valence electrons. The van der Waals surface area contributed by atoms with Gasteiger partial charge in [-0.3, -0.25) is 0 Å². The molecular weight excluding hydrogens is 258 g/mol. The summed E-state index contributed by atoms with van der Waals surface area (Å²) in [5.41, 5.74) is 2.96. The largest absolute Gasteiger partial charge is 0.234 e. The Morgan fingerprint density at radius 1 is 1.59 bits per heavy atom. The van der Waals surface area contributed by atoms with Gasteiger partial charge in [-0.15, -0.1) is 0 Å². The van der Waals surface area contributed by atoms with Crippen LogP contribution in [0.2, 0.25) is 0 Å². The van der Waals surface area contributed by atoms with E-state index >= 15 is 0 Å². The van der Waals surface area contributed by atoms with Crippen LogP contribution in [0.1, 0.15) is 18.5 Å². The van der Waals surface area contributed by atoms with Crippen LogP contribution >= 0.6 is 25.7 Å². The number of hydrogen-bond acceptors (Lipinski definition) is 7. The van der Waals surface area contributed by atoms with E-state index in [2.05, 4.69) is 15.4 Å². The predicted molar refractivity (Wildman–Crippen MR) is 70.2 cm³/mol. The van der Waals surface area contributed by atoms with Gasteiger partial charge in [0, 0.05) is 12.1 Å². The second kappa shape index (κ2) is 6.66. The third-order valence-electron chi connectivity index (χ3n) is 2.14. The molecule has 0 radical (unpaired) electrons. The van der Waals surface area contributed by atoms with Crippen LogP contribution in [0.15, 0.2) is 12.4 Å². The van der Waals surface area contributed by atoms with E-state index in [-0.39, 0.29) is 13.5 Å². The molecule has 1 aliphatic rings. The van der Waals surface area contributed by atoms with E-state index in [1.807, 2.05) is 17.4 Å².